The number of cyclic esters (lactones) is 1. The number of esters is 1. The highest BCUT2D eigenvalue weighted by atomic mass is 16.7. The van der Waals surface area contributed by atoms with E-state index >= 15 is 0 Å². The maximum Gasteiger partial charge on any atom is 0.417 e. The third-order valence-electron chi connectivity index (χ3n) is 11.7. The van der Waals surface area contributed by atoms with Crippen molar-refractivity contribution in [3.8, 4) is 0 Å². The number of aliphatic hydroxyl groups is 3. The highest BCUT2D eigenvalue weighted by molar-refractivity contribution is 5.87. The van der Waals surface area contributed by atoms with Gasteiger partial charge in [0.05, 0.1) is 43.0 Å². The fourth-order valence-corrected chi connectivity index (χ4v) is 8.11. The summed E-state index contributed by atoms with van der Waals surface area (Å²) in [6, 6.07) is -0.781. The van der Waals surface area contributed by atoms with Gasteiger partial charge in [0.1, 0.15) is 30.5 Å². The second kappa shape index (κ2) is 19.3. The van der Waals surface area contributed by atoms with Gasteiger partial charge in [-0.25, -0.2) is 14.9 Å². The molecule has 3 fully saturated rings. The van der Waals surface area contributed by atoms with Crippen molar-refractivity contribution in [2.75, 3.05) is 48.5 Å². The Morgan fingerprint density at radius 1 is 0.926 bits per heavy atom. The number of amides is 2. The molecular formula is C37H67N3O14. The second-order valence-electron chi connectivity index (χ2n) is 16.2. The summed E-state index contributed by atoms with van der Waals surface area (Å²) < 4.78 is 48.1. The number of nitrogens with one attached hydrogen (secondary N) is 1. The Kier molecular flexibility index (Phi) is 16.5. The van der Waals surface area contributed by atoms with Crippen LogP contribution >= 0.6 is 0 Å². The molecule has 3 heterocycles. The second-order valence-corrected chi connectivity index (χ2v) is 16.2. The average molecular weight is 778 g/mol. The minimum Gasteiger partial charge on any atom is -0.464 e. The van der Waals surface area contributed by atoms with E-state index in [0.29, 0.717) is 13.0 Å². The van der Waals surface area contributed by atoms with Crippen LogP contribution in [0.15, 0.2) is 0 Å². The van der Waals surface area contributed by atoms with Crippen LogP contribution in [0.2, 0.25) is 0 Å². The largest absolute Gasteiger partial charge is 0.464 e. The van der Waals surface area contributed by atoms with Crippen molar-refractivity contribution in [3.05, 3.63) is 0 Å². The quantitative estimate of drug-likeness (QED) is 0.215. The highest BCUT2D eigenvalue weighted by Gasteiger charge is 2.53. The molecule has 0 unspecified atom stereocenters. The number of likely N-dealkylation sites (N-methyl/N-ethyl adjacent to an activating group) is 2. The van der Waals surface area contributed by atoms with Crippen LogP contribution in [0.4, 0.5) is 9.59 Å². The molecule has 17 heteroatoms. The minimum absolute atomic E-state index is 0.0120. The molecular weight excluding hydrogens is 710 g/mol. The summed E-state index contributed by atoms with van der Waals surface area (Å²) in [5.74, 6) is -2.97. The maximum absolute atomic E-state index is 13.9. The van der Waals surface area contributed by atoms with E-state index < -0.39 is 102 Å². The van der Waals surface area contributed by atoms with Crippen molar-refractivity contribution in [2.24, 2.45) is 17.8 Å². The summed E-state index contributed by atoms with van der Waals surface area (Å²) in [6.07, 6.45) is -10.3. The molecule has 0 spiro atoms. The topological polar surface area (TPSA) is 204 Å². The lowest BCUT2D eigenvalue weighted by molar-refractivity contribution is -0.317. The molecule has 2 amide bonds. The molecule has 3 saturated heterocycles. The van der Waals surface area contributed by atoms with E-state index in [1.807, 2.05) is 50.0 Å². The van der Waals surface area contributed by atoms with Crippen LogP contribution in [-0.2, 0) is 42.7 Å². The Labute approximate surface area is 320 Å². The number of hydrogen-bond donors (Lipinski definition) is 4. The summed E-state index contributed by atoms with van der Waals surface area (Å²) in [7, 11) is 8.07. The number of alkyl carbamates (subject to hydrolysis) is 2. The van der Waals surface area contributed by atoms with Gasteiger partial charge in [0, 0.05) is 38.1 Å². The number of rotatable bonds is 7. The predicted octanol–water partition coefficient (Wildman–Crippen LogP) is 1.87. The molecule has 0 aliphatic carbocycles. The summed E-state index contributed by atoms with van der Waals surface area (Å²) in [6.45, 7) is 14.3. The summed E-state index contributed by atoms with van der Waals surface area (Å²) in [5, 5.41) is 36.3. The Hall–Kier alpha value is -2.19. The molecule has 54 heavy (non-hydrogen) atoms. The van der Waals surface area contributed by atoms with Crippen molar-refractivity contribution in [3.63, 3.8) is 0 Å². The van der Waals surface area contributed by atoms with Crippen LogP contribution < -0.4 is 5.32 Å². The first-order chi connectivity index (χ1) is 25.1. The van der Waals surface area contributed by atoms with E-state index in [-0.39, 0.29) is 31.6 Å². The fraction of sp³-hybridized carbons (Fsp3) is 0.919. The first kappa shape index (κ1) is 46.2. The molecule has 16 atom stereocenters. The Balaban J connectivity index is 2.24. The van der Waals surface area contributed by atoms with E-state index in [2.05, 4.69) is 4.74 Å². The number of carbonyl (C=O) groups excluding carboxylic acids is 3. The summed E-state index contributed by atoms with van der Waals surface area (Å²) in [5.41, 5.74) is -2.75. The molecule has 3 aliphatic heterocycles. The maximum atomic E-state index is 13.9. The summed E-state index contributed by atoms with van der Waals surface area (Å²) >= 11 is 0. The monoisotopic (exact) mass is 777 g/mol. The van der Waals surface area contributed by atoms with Crippen molar-refractivity contribution >= 4 is 18.2 Å². The number of imide groups is 1. The van der Waals surface area contributed by atoms with E-state index in [9.17, 15) is 29.7 Å². The van der Waals surface area contributed by atoms with Gasteiger partial charge in [-0.1, -0.05) is 13.8 Å². The van der Waals surface area contributed by atoms with Gasteiger partial charge in [-0.2, -0.15) is 0 Å². The van der Waals surface area contributed by atoms with Gasteiger partial charge in [-0.05, 0) is 81.4 Å². The molecule has 4 N–H and O–H groups in total. The van der Waals surface area contributed by atoms with Crippen molar-refractivity contribution in [1.82, 2.24) is 15.1 Å². The van der Waals surface area contributed by atoms with Crippen LogP contribution in [0, 0.1) is 17.8 Å². The average Bonchev–Trinajstić information content (AvgIpc) is 3.10. The molecule has 0 aromatic rings. The third-order valence-corrected chi connectivity index (χ3v) is 11.7. The number of nitrogens with zero attached hydrogens (tertiary/aromatic N) is 2. The third kappa shape index (κ3) is 11.0. The molecule has 0 radical (unpaired) electrons. The lowest BCUT2D eigenvalue weighted by Crippen LogP contribution is -2.62. The van der Waals surface area contributed by atoms with E-state index in [4.69, 9.17) is 33.2 Å². The van der Waals surface area contributed by atoms with Crippen molar-refractivity contribution in [1.29, 1.82) is 0 Å². The summed E-state index contributed by atoms with van der Waals surface area (Å²) in [4.78, 5) is 43.2. The molecule has 314 valence electrons. The number of ether oxygens (including phenoxy) is 8. The van der Waals surface area contributed by atoms with Gasteiger partial charge in [-0.3, -0.25) is 9.69 Å². The van der Waals surface area contributed by atoms with Crippen LogP contribution in [-0.4, -0.2) is 170 Å². The first-order valence-corrected chi connectivity index (χ1v) is 18.9. The molecule has 17 nitrogen and oxygen atoms in total. The minimum atomic E-state index is -1.69. The van der Waals surface area contributed by atoms with Gasteiger partial charge in [0.15, 0.2) is 12.6 Å². The van der Waals surface area contributed by atoms with Crippen molar-refractivity contribution in [2.45, 2.75) is 153 Å². The molecule has 3 aliphatic rings. The van der Waals surface area contributed by atoms with E-state index in [1.54, 1.807) is 41.7 Å². The van der Waals surface area contributed by atoms with Gasteiger partial charge >= 0.3 is 18.2 Å². The molecule has 0 bridgehead atoms. The fourth-order valence-electron chi connectivity index (χ4n) is 8.11. The first-order valence-electron chi connectivity index (χ1n) is 18.9. The normalized spacial score (nSPS) is 43.5. The van der Waals surface area contributed by atoms with Gasteiger partial charge < -0.3 is 58.1 Å². The zero-order valence-electron chi connectivity index (χ0n) is 34.3. The lowest BCUT2D eigenvalue weighted by atomic mass is 9.76. The SMILES string of the molecule is COC(=O)NC(=O)O[C@@]1(C)C[C@@H](C)[C@H](O)[C@H](C)N(C)CCOC(=O)[C@H](C)[C@@H](O[C@H]2C[C@@](C)(OC)[C@@H](O)[C@H](C)O2)[C@H](C)[C@H]1O[C@@H]1O[C@H](C)C[C@H](N(C)C)[C@H]1O. The van der Waals surface area contributed by atoms with Crippen LogP contribution in [0.3, 0.4) is 0 Å². The van der Waals surface area contributed by atoms with Crippen LogP contribution in [0.1, 0.15) is 74.7 Å². The zero-order valence-corrected chi connectivity index (χ0v) is 34.3. The highest BCUT2D eigenvalue weighted by Crippen LogP contribution is 2.41. The van der Waals surface area contributed by atoms with E-state index in [1.165, 1.54) is 7.11 Å². The number of carbonyl (C=O) groups is 3. The Morgan fingerprint density at radius 2 is 1.57 bits per heavy atom. The van der Waals surface area contributed by atoms with Crippen molar-refractivity contribution < 1.29 is 67.6 Å². The molecule has 0 aromatic carbocycles. The molecule has 0 saturated carbocycles. The van der Waals surface area contributed by atoms with Gasteiger partial charge in [0.25, 0.3) is 0 Å². The number of methoxy groups -OCH3 is 2. The van der Waals surface area contributed by atoms with E-state index in [0.717, 1.165) is 7.11 Å². The lowest BCUT2D eigenvalue weighted by Gasteiger charge is -2.49. The Morgan fingerprint density at radius 3 is 2.17 bits per heavy atom. The van der Waals surface area contributed by atoms with Crippen LogP contribution in [0.25, 0.3) is 0 Å². The molecule has 3 rings (SSSR count). The predicted molar refractivity (Wildman–Crippen MR) is 194 cm³/mol. The number of hydrogen-bond acceptors (Lipinski definition) is 16. The standard InChI is InChI=1S/C37H67N3O14/c1-19-17-37(8,54-35(46)38-34(45)47-12)31(53-33-28(42)25(39(9)10)16-20(2)50-33)21(3)29(52-26-18-36(7,48-13)30(43)24(6)51-26)22(4)32(44)49-15-14-40(11)23(5)27(19)41/h19-31,33,41-43H,14-18H2,1-13H3,(H,38,45,46)/t19-,20-,21+,22-,23+,24+,25+,26+,27+,28-,29+,30+,31-,33+,36-,37+/m1/s1. The zero-order chi connectivity index (χ0) is 40.9. The smallest absolute Gasteiger partial charge is 0.417 e. The van der Waals surface area contributed by atoms with Crippen LogP contribution in [0.5, 0.6) is 0 Å². The van der Waals surface area contributed by atoms with Gasteiger partial charge in [0.2, 0.25) is 0 Å². The molecule has 0 aromatic heterocycles. The Bertz CT molecular complexity index is 1250. The number of aliphatic hydroxyl groups excluding tert-OH is 3. The van der Waals surface area contributed by atoms with Gasteiger partial charge in [-0.15, -0.1) is 0 Å².